The van der Waals surface area contributed by atoms with Crippen molar-refractivity contribution in [3.8, 4) is 0 Å². The maximum atomic E-state index is 11.9. The molecule has 1 heterocycles. The van der Waals surface area contributed by atoms with Gasteiger partial charge in [0.1, 0.15) is 0 Å². The second kappa shape index (κ2) is 6.66. The summed E-state index contributed by atoms with van der Waals surface area (Å²) in [6.45, 7) is 9.09. The largest absolute Gasteiger partial charge is 0.393 e. The van der Waals surface area contributed by atoms with E-state index in [1.165, 1.54) is 12.0 Å². The Hall–Kier alpha value is -0.680. The second-order valence-corrected chi connectivity index (χ2v) is 10.7. The first-order valence-electron chi connectivity index (χ1n) is 11.5. The van der Waals surface area contributed by atoms with Crippen LogP contribution in [0.4, 0.5) is 0 Å². The number of fused-ring (bicyclic) bond motifs is 5. The van der Waals surface area contributed by atoms with Crippen LogP contribution < -0.4 is 0 Å². The molecule has 156 valence electrons. The Morgan fingerprint density at radius 1 is 1.04 bits per heavy atom. The number of hydrogen-bond donors (Lipinski definition) is 2. The van der Waals surface area contributed by atoms with Crippen molar-refractivity contribution in [2.24, 2.45) is 22.7 Å². The lowest BCUT2D eigenvalue weighted by Gasteiger charge is -2.56. The van der Waals surface area contributed by atoms with Gasteiger partial charge in [-0.3, -0.25) is 4.90 Å². The summed E-state index contributed by atoms with van der Waals surface area (Å²) in [5.41, 5.74) is 2.67. The van der Waals surface area contributed by atoms with Crippen molar-refractivity contribution >= 4 is 0 Å². The number of β-amino-alcohol motifs (C(OH)–C–C–N with tert-alkyl or cyclic N) is 1. The number of aliphatic hydroxyl groups is 2. The zero-order valence-corrected chi connectivity index (χ0v) is 17.6. The van der Waals surface area contributed by atoms with Gasteiger partial charge in [-0.05, 0) is 62.2 Å². The molecule has 28 heavy (non-hydrogen) atoms. The Kier molecular flexibility index (Phi) is 4.59. The summed E-state index contributed by atoms with van der Waals surface area (Å²) in [5.74, 6) is 1.10. The van der Waals surface area contributed by atoms with Crippen molar-refractivity contribution in [1.29, 1.82) is 0 Å². The Bertz CT molecular complexity index is 696. The highest BCUT2D eigenvalue weighted by atomic mass is 16.5. The average Bonchev–Trinajstić information content (AvgIpc) is 2.94. The highest BCUT2D eigenvalue weighted by molar-refractivity contribution is 5.39. The van der Waals surface area contributed by atoms with Crippen LogP contribution >= 0.6 is 0 Å². The molecule has 0 aromatic heterocycles. The molecule has 0 unspecified atom stereocenters. The van der Waals surface area contributed by atoms with Crippen molar-refractivity contribution in [1.82, 2.24) is 4.90 Å². The first-order valence-corrected chi connectivity index (χ1v) is 11.5. The molecule has 0 spiro atoms. The van der Waals surface area contributed by atoms with Gasteiger partial charge in [-0.2, -0.15) is 0 Å². The van der Waals surface area contributed by atoms with Crippen molar-refractivity contribution in [3.63, 3.8) is 0 Å². The molecule has 0 radical (unpaired) electrons. The molecule has 3 saturated carbocycles. The van der Waals surface area contributed by atoms with E-state index >= 15 is 0 Å². The molecule has 0 amide bonds. The molecule has 5 rings (SSSR count). The highest BCUT2D eigenvalue weighted by Gasteiger charge is 2.62. The second-order valence-electron chi connectivity index (χ2n) is 10.7. The fraction of sp³-hybridized carbons (Fsp3) is 0.833. The fourth-order valence-electron chi connectivity index (χ4n) is 7.48. The van der Waals surface area contributed by atoms with Crippen LogP contribution in [-0.2, 0) is 4.74 Å². The van der Waals surface area contributed by atoms with Gasteiger partial charge < -0.3 is 14.9 Å². The van der Waals surface area contributed by atoms with Gasteiger partial charge in [0.25, 0.3) is 0 Å². The molecule has 4 aliphatic carbocycles. The van der Waals surface area contributed by atoms with Crippen molar-refractivity contribution in [2.75, 3.05) is 32.8 Å². The zero-order chi connectivity index (χ0) is 19.6. The van der Waals surface area contributed by atoms with Crippen LogP contribution in [0.2, 0.25) is 0 Å². The predicted molar refractivity (Wildman–Crippen MR) is 110 cm³/mol. The van der Waals surface area contributed by atoms with Gasteiger partial charge in [-0.1, -0.05) is 37.1 Å². The number of nitrogens with zero attached hydrogens (tertiary/aromatic N) is 1. The minimum Gasteiger partial charge on any atom is -0.393 e. The topological polar surface area (TPSA) is 52.9 Å². The minimum absolute atomic E-state index is 0.0243. The molecule has 4 fully saturated rings. The molecular weight excluding hydrogens is 350 g/mol. The number of allylic oxidation sites excluding steroid dienone is 3. The first kappa shape index (κ1) is 19.3. The molecule has 1 aliphatic heterocycles. The normalized spacial score (nSPS) is 48.9. The summed E-state index contributed by atoms with van der Waals surface area (Å²) in [6, 6.07) is 0. The molecule has 4 nitrogen and oxygen atoms in total. The summed E-state index contributed by atoms with van der Waals surface area (Å²) in [5, 5.41) is 22.0. The summed E-state index contributed by atoms with van der Waals surface area (Å²) >= 11 is 0. The van der Waals surface area contributed by atoms with E-state index < -0.39 is 5.60 Å². The van der Waals surface area contributed by atoms with Gasteiger partial charge in [-0.25, -0.2) is 0 Å². The van der Waals surface area contributed by atoms with Crippen molar-refractivity contribution < 1.29 is 14.9 Å². The molecule has 5 aliphatic rings. The molecule has 4 heteroatoms. The van der Waals surface area contributed by atoms with Crippen LogP contribution in [0.5, 0.6) is 0 Å². The van der Waals surface area contributed by atoms with Gasteiger partial charge in [-0.15, -0.1) is 0 Å². The molecule has 1 saturated heterocycles. The van der Waals surface area contributed by atoms with E-state index in [2.05, 4.69) is 30.9 Å². The van der Waals surface area contributed by atoms with E-state index in [4.69, 9.17) is 4.74 Å². The maximum Gasteiger partial charge on any atom is 0.0833 e. The molecule has 0 bridgehead atoms. The van der Waals surface area contributed by atoms with Crippen molar-refractivity contribution in [3.05, 3.63) is 23.3 Å². The summed E-state index contributed by atoms with van der Waals surface area (Å²) in [4.78, 5) is 2.42. The zero-order valence-electron chi connectivity index (χ0n) is 17.6. The van der Waals surface area contributed by atoms with E-state index in [1.54, 1.807) is 5.57 Å². The molecule has 0 aromatic rings. The molecule has 6 atom stereocenters. The average molecular weight is 388 g/mol. The minimum atomic E-state index is -0.589. The van der Waals surface area contributed by atoms with E-state index in [-0.39, 0.29) is 16.9 Å². The van der Waals surface area contributed by atoms with Crippen LogP contribution in [0, 0.1) is 22.7 Å². The van der Waals surface area contributed by atoms with E-state index in [9.17, 15) is 10.2 Å². The Morgan fingerprint density at radius 2 is 1.79 bits per heavy atom. The number of hydrogen-bond acceptors (Lipinski definition) is 4. The monoisotopic (exact) mass is 387 g/mol. The summed E-state index contributed by atoms with van der Waals surface area (Å²) in [6.07, 6.45) is 11.8. The van der Waals surface area contributed by atoms with E-state index in [0.29, 0.717) is 11.8 Å². The van der Waals surface area contributed by atoms with Crippen LogP contribution in [-0.4, -0.2) is 59.7 Å². The summed E-state index contributed by atoms with van der Waals surface area (Å²) < 4.78 is 5.51. The lowest BCUT2D eigenvalue weighted by molar-refractivity contribution is -0.111. The lowest BCUT2D eigenvalue weighted by atomic mass is 9.50. The molecule has 2 N–H and O–H groups in total. The van der Waals surface area contributed by atoms with Crippen LogP contribution in [0.25, 0.3) is 0 Å². The van der Waals surface area contributed by atoms with E-state index in [0.717, 1.165) is 71.4 Å². The van der Waals surface area contributed by atoms with Gasteiger partial charge in [0.15, 0.2) is 0 Å². The number of ether oxygens (including phenoxy) is 1. The predicted octanol–water partition coefficient (Wildman–Crippen LogP) is 3.29. The van der Waals surface area contributed by atoms with Gasteiger partial charge in [0.2, 0.25) is 0 Å². The van der Waals surface area contributed by atoms with Crippen molar-refractivity contribution in [2.45, 2.75) is 70.5 Å². The highest BCUT2D eigenvalue weighted by Crippen LogP contribution is 2.65. The van der Waals surface area contributed by atoms with Crippen LogP contribution in [0.3, 0.4) is 0 Å². The maximum absolute atomic E-state index is 11.9. The third-order valence-electron chi connectivity index (χ3n) is 9.46. The van der Waals surface area contributed by atoms with Crippen LogP contribution in [0.1, 0.15) is 58.8 Å². The quantitative estimate of drug-likeness (QED) is 0.763. The Labute approximate surface area is 169 Å². The fourth-order valence-corrected chi connectivity index (χ4v) is 7.48. The van der Waals surface area contributed by atoms with E-state index in [1.807, 2.05) is 0 Å². The lowest BCUT2D eigenvalue weighted by Crippen LogP contribution is -2.57. The Balaban J connectivity index is 1.43. The molecular formula is C24H37NO3. The third-order valence-corrected chi connectivity index (χ3v) is 9.46. The number of rotatable bonds is 2. The smallest absolute Gasteiger partial charge is 0.0833 e. The standard InChI is InChI=1S/C24H37NO3/c1-22-8-5-18(26)15-17(22)3-4-19-20(22)6-9-23(2)21(19)7-10-24(23,27)16-25-11-13-28-14-12-25/h3-4,18,20-21,26-27H,5-16H2,1-2H3/t18-,20-,21-,22-,23-,24+/m0/s1. The van der Waals surface area contributed by atoms with Crippen LogP contribution in [0.15, 0.2) is 23.3 Å². The number of aliphatic hydroxyl groups excluding tert-OH is 1. The number of morpholine rings is 1. The van der Waals surface area contributed by atoms with Gasteiger partial charge in [0.05, 0.1) is 24.9 Å². The van der Waals surface area contributed by atoms with Gasteiger partial charge >= 0.3 is 0 Å². The molecule has 0 aromatic carbocycles. The summed E-state index contributed by atoms with van der Waals surface area (Å²) in [7, 11) is 0. The third kappa shape index (κ3) is 2.71. The Morgan fingerprint density at radius 3 is 2.57 bits per heavy atom. The SMILES string of the molecule is C[C@]12CC[C@H](O)CC1=CC=C1[C@@H]2CC[C@@]2(C)[C@H]1CC[C@@]2(O)CN1CCOCC1. The van der Waals surface area contributed by atoms with Gasteiger partial charge in [0, 0.05) is 25.0 Å². The first-order chi connectivity index (χ1) is 13.4.